The molecule has 0 saturated carbocycles. The minimum atomic E-state index is -1.06. The average molecular weight is 673 g/mol. The molecule has 3 aromatic rings. The molecule has 13 nitrogen and oxygen atoms in total. The molecule has 0 saturated heterocycles. The Kier molecular flexibility index (Phi) is 12.5. The van der Waals surface area contributed by atoms with Crippen LogP contribution >= 0.6 is 0 Å². The van der Waals surface area contributed by atoms with Crippen molar-refractivity contribution < 1.29 is 43.0 Å². The van der Waals surface area contributed by atoms with Gasteiger partial charge in [-0.25, -0.2) is 14.4 Å². The largest absolute Gasteiger partial charge is 0.467 e. The van der Waals surface area contributed by atoms with E-state index in [4.69, 9.17) is 9.47 Å². The maximum absolute atomic E-state index is 13.0. The fourth-order valence-electron chi connectivity index (χ4n) is 5.47. The first kappa shape index (κ1) is 36.1. The van der Waals surface area contributed by atoms with Gasteiger partial charge in [-0.2, -0.15) is 0 Å². The zero-order chi connectivity index (χ0) is 35.5. The van der Waals surface area contributed by atoms with Crippen molar-refractivity contribution in [2.75, 3.05) is 26.1 Å². The van der Waals surface area contributed by atoms with Crippen LogP contribution in [0.25, 0.3) is 11.1 Å². The smallest absolute Gasteiger partial charge is 0.407 e. The summed E-state index contributed by atoms with van der Waals surface area (Å²) in [4.78, 5) is 74.0. The van der Waals surface area contributed by atoms with E-state index in [1.165, 1.54) is 28.1 Å². The minimum absolute atomic E-state index is 0.0723. The molecular weight excluding hydrogens is 632 g/mol. The number of hydrogen-bond donors (Lipinski definition) is 4. The molecule has 4 rings (SSSR count). The maximum atomic E-state index is 13.0. The van der Waals surface area contributed by atoms with Crippen molar-refractivity contribution in [3.05, 3.63) is 89.5 Å². The second-order valence-electron chi connectivity index (χ2n) is 11.5. The number of fused-ring (bicyclic) bond motifs is 3. The van der Waals surface area contributed by atoms with Crippen molar-refractivity contribution in [2.45, 2.75) is 57.2 Å². The first-order valence-corrected chi connectivity index (χ1v) is 15.8. The van der Waals surface area contributed by atoms with Crippen LogP contribution in [-0.2, 0) is 44.6 Å². The molecule has 2 unspecified atom stereocenters. The SMILES string of the molecule is COC(=O)C(C)NC(=O)CCC(=O)Nc1ccc(C[C@H](NC(=O)C(C)NC(=O)OCC2c3ccccc3-c3ccccc32)C(=O)OC)cc1. The number of hydrogen-bond acceptors (Lipinski definition) is 9. The van der Waals surface area contributed by atoms with E-state index >= 15 is 0 Å². The molecule has 4 amide bonds. The standard InChI is InChI=1S/C36H40N4O9/c1-21(38-36(46)49-20-29-27-11-7-5-9-25(27)26-10-6-8-12-28(26)29)33(43)40-30(35(45)48-4)19-23-13-15-24(16-14-23)39-32(42)18-17-31(41)37-22(2)34(44)47-3/h5-16,21-22,29-30H,17-20H2,1-4H3,(H,37,41)(H,38,46)(H,39,42)(H,40,43)/t21?,22?,30-/m0/s1. The number of carbonyl (C=O) groups excluding carboxylic acids is 6. The lowest BCUT2D eigenvalue weighted by Crippen LogP contribution is -2.51. The first-order chi connectivity index (χ1) is 23.5. The Labute approximate surface area is 284 Å². The zero-order valence-electron chi connectivity index (χ0n) is 27.7. The van der Waals surface area contributed by atoms with E-state index in [0.29, 0.717) is 11.3 Å². The van der Waals surface area contributed by atoms with E-state index in [1.807, 2.05) is 48.5 Å². The van der Waals surface area contributed by atoms with Crippen molar-refractivity contribution in [3.63, 3.8) is 0 Å². The third-order valence-corrected chi connectivity index (χ3v) is 8.06. The molecule has 0 bridgehead atoms. The van der Waals surface area contributed by atoms with Crippen LogP contribution in [-0.4, -0.2) is 74.7 Å². The number of amides is 4. The zero-order valence-corrected chi connectivity index (χ0v) is 27.7. The lowest BCUT2D eigenvalue weighted by Gasteiger charge is -2.20. The Morgan fingerprint density at radius 2 is 1.24 bits per heavy atom. The molecule has 0 spiro atoms. The van der Waals surface area contributed by atoms with Gasteiger partial charge in [0, 0.05) is 30.9 Å². The third-order valence-electron chi connectivity index (χ3n) is 8.06. The molecule has 0 radical (unpaired) electrons. The first-order valence-electron chi connectivity index (χ1n) is 15.8. The molecule has 1 aliphatic rings. The summed E-state index contributed by atoms with van der Waals surface area (Å²) in [6.45, 7) is 3.04. The lowest BCUT2D eigenvalue weighted by atomic mass is 9.98. The number of anilines is 1. The highest BCUT2D eigenvalue weighted by Crippen LogP contribution is 2.44. The summed E-state index contributed by atoms with van der Waals surface area (Å²) in [6, 6.07) is 19.6. The van der Waals surface area contributed by atoms with Crippen LogP contribution in [0.15, 0.2) is 72.8 Å². The van der Waals surface area contributed by atoms with Crippen molar-refractivity contribution in [2.24, 2.45) is 0 Å². The number of alkyl carbamates (subject to hydrolysis) is 1. The van der Waals surface area contributed by atoms with Gasteiger partial charge >= 0.3 is 18.0 Å². The van der Waals surface area contributed by atoms with Gasteiger partial charge in [0.1, 0.15) is 24.7 Å². The highest BCUT2D eigenvalue weighted by Gasteiger charge is 2.30. The maximum Gasteiger partial charge on any atom is 0.407 e. The summed E-state index contributed by atoms with van der Waals surface area (Å²) >= 11 is 0. The van der Waals surface area contributed by atoms with Gasteiger partial charge in [0.2, 0.25) is 17.7 Å². The number of methoxy groups -OCH3 is 2. The van der Waals surface area contributed by atoms with Crippen LogP contribution in [0, 0.1) is 0 Å². The van der Waals surface area contributed by atoms with Gasteiger partial charge in [0.25, 0.3) is 0 Å². The van der Waals surface area contributed by atoms with Gasteiger partial charge in [0.05, 0.1) is 14.2 Å². The number of esters is 2. The number of rotatable bonds is 14. The van der Waals surface area contributed by atoms with Crippen molar-refractivity contribution >= 4 is 41.4 Å². The second kappa shape index (κ2) is 16.9. The quantitative estimate of drug-likeness (QED) is 0.148. The summed E-state index contributed by atoms with van der Waals surface area (Å²) in [5.41, 5.74) is 5.43. The normalized spacial score (nSPS) is 13.4. The molecule has 3 aromatic carbocycles. The summed E-state index contributed by atoms with van der Waals surface area (Å²) in [7, 11) is 2.42. The van der Waals surface area contributed by atoms with Gasteiger partial charge in [-0.15, -0.1) is 0 Å². The van der Waals surface area contributed by atoms with Crippen LogP contribution in [0.3, 0.4) is 0 Å². The van der Waals surface area contributed by atoms with Gasteiger partial charge in [-0.05, 0) is 53.8 Å². The molecule has 1 aliphatic carbocycles. The molecule has 13 heteroatoms. The Morgan fingerprint density at radius 1 is 0.673 bits per heavy atom. The van der Waals surface area contributed by atoms with Crippen LogP contribution in [0.2, 0.25) is 0 Å². The van der Waals surface area contributed by atoms with E-state index in [1.54, 1.807) is 24.3 Å². The number of benzene rings is 3. The van der Waals surface area contributed by atoms with Gasteiger partial charge in [-0.1, -0.05) is 60.7 Å². The van der Waals surface area contributed by atoms with Crippen molar-refractivity contribution in [1.82, 2.24) is 16.0 Å². The third kappa shape index (κ3) is 9.66. The van der Waals surface area contributed by atoms with E-state index in [0.717, 1.165) is 22.3 Å². The van der Waals surface area contributed by atoms with Gasteiger partial charge < -0.3 is 35.5 Å². The van der Waals surface area contributed by atoms with E-state index in [2.05, 4.69) is 26.0 Å². The van der Waals surface area contributed by atoms with Crippen LogP contribution in [0.1, 0.15) is 49.3 Å². The molecule has 4 N–H and O–H groups in total. The fraction of sp³-hybridized carbons (Fsp3) is 0.333. The predicted octanol–water partition coefficient (Wildman–Crippen LogP) is 3.21. The van der Waals surface area contributed by atoms with Crippen molar-refractivity contribution in [3.8, 4) is 11.1 Å². The molecule has 0 aliphatic heterocycles. The number of nitrogens with one attached hydrogen (secondary N) is 4. The minimum Gasteiger partial charge on any atom is -0.467 e. The Bertz CT molecular complexity index is 1650. The van der Waals surface area contributed by atoms with Gasteiger partial charge in [0.15, 0.2) is 0 Å². The Hall–Kier alpha value is -5.72. The average Bonchev–Trinajstić information content (AvgIpc) is 3.42. The lowest BCUT2D eigenvalue weighted by molar-refractivity contribution is -0.145. The highest BCUT2D eigenvalue weighted by molar-refractivity contribution is 5.94. The summed E-state index contributed by atoms with van der Waals surface area (Å²) in [6.07, 6.45) is -0.934. The molecule has 0 heterocycles. The van der Waals surface area contributed by atoms with Crippen LogP contribution in [0.4, 0.5) is 10.5 Å². The van der Waals surface area contributed by atoms with Crippen LogP contribution in [0.5, 0.6) is 0 Å². The van der Waals surface area contributed by atoms with Crippen molar-refractivity contribution in [1.29, 1.82) is 0 Å². The van der Waals surface area contributed by atoms with Crippen LogP contribution < -0.4 is 21.3 Å². The summed E-state index contributed by atoms with van der Waals surface area (Å²) in [5, 5.41) is 10.3. The fourth-order valence-corrected chi connectivity index (χ4v) is 5.47. The Balaban J connectivity index is 1.25. The van der Waals surface area contributed by atoms with E-state index < -0.39 is 53.9 Å². The number of ether oxygens (including phenoxy) is 3. The van der Waals surface area contributed by atoms with E-state index in [9.17, 15) is 28.8 Å². The number of carbonyl (C=O) groups is 6. The molecule has 3 atom stereocenters. The molecule has 258 valence electrons. The Morgan fingerprint density at radius 3 is 1.84 bits per heavy atom. The topological polar surface area (TPSA) is 178 Å². The van der Waals surface area contributed by atoms with E-state index in [-0.39, 0.29) is 31.8 Å². The summed E-state index contributed by atoms with van der Waals surface area (Å²) < 4.78 is 15.0. The predicted molar refractivity (Wildman–Crippen MR) is 179 cm³/mol. The molecule has 0 aromatic heterocycles. The molecule has 49 heavy (non-hydrogen) atoms. The highest BCUT2D eigenvalue weighted by atomic mass is 16.5. The second-order valence-corrected chi connectivity index (χ2v) is 11.5. The summed E-state index contributed by atoms with van der Waals surface area (Å²) in [5.74, 6) is -2.91. The monoisotopic (exact) mass is 672 g/mol. The molecule has 0 fully saturated rings. The molecular formula is C36H40N4O9. The van der Waals surface area contributed by atoms with Gasteiger partial charge in [-0.3, -0.25) is 14.4 Å².